The van der Waals surface area contributed by atoms with E-state index in [9.17, 15) is 9.59 Å². The normalized spacial score (nSPS) is 14.1. The van der Waals surface area contributed by atoms with Crippen molar-refractivity contribution >= 4 is 40.7 Å². The van der Waals surface area contributed by atoms with Gasteiger partial charge in [-0.25, -0.2) is 0 Å². The van der Waals surface area contributed by atoms with Gasteiger partial charge < -0.3 is 10.2 Å². The first kappa shape index (κ1) is 20.7. The Kier molecular flexibility index (Phi) is 7.94. The maximum Gasteiger partial charge on any atom is 0.240 e. The molecule has 1 aromatic rings. The molecular weight excluding hydrogens is 373 g/mol. The fraction of sp³-hybridized carbons (Fsp3) is 0.474. The number of amides is 2. The van der Waals surface area contributed by atoms with E-state index in [1.807, 2.05) is 11.8 Å². The Hall–Kier alpha value is -1.56. The Morgan fingerprint density at radius 2 is 1.85 bits per heavy atom. The molecule has 1 aromatic carbocycles. The number of allylic oxidation sites excluding steroid dienone is 2. The molecular formula is C19H25Cl2N3O2. The Bertz CT molecular complexity index is 671. The van der Waals surface area contributed by atoms with Crippen LogP contribution in [0.4, 0.5) is 5.69 Å². The third-order valence-corrected chi connectivity index (χ3v) is 4.91. The standard InChI is InChI=1S/C19H25Cl2N3O2/c1-3-24(14-8-5-4-6-9-14)18(26)13-23(2)12-17(25)22-19-15(20)10-7-11-16(19)21/h7-8,10-11H,3-6,9,12-13H2,1-2H3,(H,22,25). The van der Waals surface area contributed by atoms with Gasteiger partial charge in [0.15, 0.2) is 0 Å². The molecule has 0 spiro atoms. The van der Waals surface area contributed by atoms with Crippen molar-refractivity contribution in [3.63, 3.8) is 0 Å². The molecule has 0 bridgehead atoms. The zero-order valence-electron chi connectivity index (χ0n) is 15.2. The lowest BCUT2D eigenvalue weighted by molar-refractivity contribution is -0.130. The summed E-state index contributed by atoms with van der Waals surface area (Å²) < 4.78 is 0. The van der Waals surface area contributed by atoms with Crippen LogP contribution in [-0.2, 0) is 9.59 Å². The number of rotatable bonds is 7. The number of hydrogen-bond donors (Lipinski definition) is 1. The van der Waals surface area contributed by atoms with E-state index in [-0.39, 0.29) is 24.9 Å². The molecule has 0 atom stereocenters. The number of likely N-dealkylation sites (N-methyl/N-ethyl adjacent to an activating group) is 2. The molecule has 0 unspecified atom stereocenters. The number of benzene rings is 1. The molecule has 5 nitrogen and oxygen atoms in total. The van der Waals surface area contributed by atoms with Gasteiger partial charge in [0.05, 0.1) is 28.8 Å². The minimum absolute atomic E-state index is 0.00623. The van der Waals surface area contributed by atoms with Gasteiger partial charge in [0.1, 0.15) is 0 Å². The lowest BCUT2D eigenvalue weighted by Gasteiger charge is -2.28. The van der Waals surface area contributed by atoms with Crippen LogP contribution in [0.5, 0.6) is 0 Å². The van der Waals surface area contributed by atoms with Gasteiger partial charge >= 0.3 is 0 Å². The van der Waals surface area contributed by atoms with Crippen molar-refractivity contribution in [1.82, 2.24) is 9.80 Å². The number of anilines is 1. The van der Waals surface area contributed by atoms with Crippen LogP contribution >= 0.6 is 23.2 Å². The van der Waals surface area contributed by atoms with Crippen LogP contribution in [0.15, 0.2) is 30.0 Å². The van der Waals surface area contributed by atoms with E-state index >= 15 is 0 Å². The van der Waals surface area contributed by atoms with Gasteiger partial charge in [-0.2, -0.15) is 0 Å². The molecule has 1 aliphatic rings. The van der Waals surface area contributed by atoms with Crippen molar-refractivity contribution in [2.45, 2.75) is 32.6 Å². The van der Waals surface area contributed by atoms with Crippen LogP contribution in [0, 0.1) is 0 Å². The van der Waals surface area contributed by atoms with E-state index in [2.05, 4.69) is 11.4 Å². The van der Waals surface area contributed by atoms with E-state index in [0.29, 0.717) is 22.3 Å². The molecule has 0 saturated carbocycles. The Morgan fingerprint density at radius 3 is 2.42 bits per heavy atom. The average Bonchev–Trinajstić information content (AvgIpc) is 2.59. The Balaban J connectivity index is 1.90. The molecule has 0 aromatic heterocycles. The minimum Gasteiger partial charge on any atom is -0.322 e. The van der Waals surface area contributed by atoms with Crippen molar-refractivity contribution in [2.75, 3.05) is 32.0 Å². The first-order valence-corrected chi connectivity index (χ1v) is 9.59. The highest BCUT2D eigenvalue weighted by Crippen LogP contribution is 2.29. The summed E-state index contributed by atoms with van der Waals surface area (Å²) in [5, 5.41) is 3.47. The third kappa shape index (κ3) is 5.73. The number of nitrogens with one attached hydrogen (secondary N) is 1. The van der Waals surface area contributed by atoms with Crippen molar-refractivity contribution < 1.29 is 9.59 Å². The Morgan fingerprint density at radius 1 is 1.15 bits per heavy atom. The van der Waals surface area contributed by atoms with Crippen molar-refractivity contribution in [1.29, 1.82) is 0 Å². The summed E-state index contributed by atoms with van der Waals surface area (Å²) >= 11 is 12.1. The number of carbonyl (C=O) groups is 2. The van der Waals surface area contributed by atoms with E-state index < -0.39 is 0 Å². The summed E-state index contributed by atoms with van der Waals surface area (Å²) in [6.07, 6.45) is 6.41. The van der Waals surface area contributed by atoms with Gasteiger partial charge in [0.25, 0.3) is 0 Å². The van der Waals surface area contributed by atoms with Crippen LogP contribution in [-0.4, -0.2) is 48.3 Å². The van der Waals surface area contributed by atoms with Crippen molar-refractivity contribution in [2.24, 2.45) is 0 Å². The molecule has 2 rings (SSSR count). The molecule has 0 radical (unpaired) electrons. The summed E-state index contributed by atoms with van der Waals surface area (Å²) in [6.45, 7) is 2.86. The molecule has 0 heterocycles. The Labute approximate surface area is 164 Å². The zero-order valence-corrected chi connectivity index (χ0v) is 16.7. The zero-order chi connectivity index (χ0) is 19.1. The van der Waals surface area contributed by atoms with E-state index in [1.165, 1.54) is 6.42 Å². The first-order chi connectivity index (χ1) is 12.4. The second-order valence-electron chi connectivity index (χ2n) is 6.40. The van der Waals surface area contributed by atoms with Gasteiger partial charge in [-0.05, 0) is 51.8 Å². The molecule has 1 aliphatic carbocycles. The minimum atomic E-state index is -0.268. The van der Waals surface area contributed by atoms with Gasteiger partial charge in [0.2, 0.25) is 11.8 Å². The lowest BCUT2D eigenvalue weighted by Crippen LogP contribution is -2.41. The van der Waals surface area contributed by atoms with E-state index in [0.717, 1.165) is 25.0 Å². The van der Waals surface area contributed by atoms with Crippen molar-refractivity contribution in [3.05, 3.63) is 40.0 Å². The highest BCUT2D eigenvalue weighted by Gasteiger charge is 2.20. The summed E-state index contributed by atoms with van der Waals surface area (Å²) in [5.74, 6) is -0.262. The molecule has 0 fully saturated rings. The molecule has 7 heteroatoms. The number of carbonyl (C=O) groups excluding carboxylic acids is 2. The molecule has 1 N–H and O–H groups in total. The number of para-hydroxylation sites is 1. The number of hydrogen-bond acceptors (Lipinski definition) is 3. The van der Waals surface area contributed by atoms with E-state index in [1.54, 1.807) is 30.1 Å². The highest BCUT2D eigenvalue weighted by molar-refractivity contribution is 6.39. The van der Waals surface area contributed by atoms with Crippen LogP contribution in [0.25, 0.3) is 0 Å². The summed E-state index contributed by atoms with van der Waals surface area (Å²) in [4.78, 5) is 28.4. The van der Waals surface area contributed by atoms with Gasteiger partial charge in [-0.15, -0.1) is 0 Å². The van der Waals surface area contributed by atoms with Gasteiger partial charge in [-0.1, -0.05) is 35.3 Å². The van der Waals surface area contributed by atoms with E-state index in [4.69, 9.17) is 23.2 Å². The molecule has 2 amide bonds. The molecule has 0 saturated heterocycles. The predicted octanol–water partition coefficient (Wildman–Crippen LogP) is 4.17. The fourth-order valence-corrected chi connectivity index (χ4v) is 3.51. The van der Waals surface area contributed by atoms with Crippen LogP contribution < -0.4 is 5.32 Å². The van der Waals surface area contributed by atoms with Crippen LogP contribution in [0.2, 0.25) is 10.0 Å². The lowest BCUT2D eigenvalue weighted by atomic mass is 10.0. The maximum atomic E-state index is 12.6. The number of halogens is 2. The van der Waals surface area contributed by atoms with Crippen LogP contribution in [0.3, 0.4) is 0 Å². The smallest absolute Gasteiger partial charge is 0.240 e. The quantitative estimate of drug-likeness (QED) is 0.750. The summed E-state index contributed by atoms with van der Waals surface area (Å²) in [7, 11) is 1.74. The summed E-state index contributed by atoms with van der Waals surface area (Å²) in [5.41, 5.74) is 1.49. The largest absolute Gasteiger partial charge is 0.322 e. The fourth-order valence-electron chi connectivity index (χ4n) is 3.02. The second kappa shape index (κ2) is 9.95. The topological polar surface area (TPSA) is 52.7 Å². The maximum absolute atomic E-state index is 12.6. The average molecular weight is 398 g/mol. The first-order valence-electron chi connectivity index (χ1n) is 8.84. The summed E-state index contributed by atoms with van der Waals surface area (Å²) in [6, 6.07) is 5.03. The molecule has 142 valence electrons. The SMILES string of the molecule is CCN(C(=O)CN(C)CC(=O)Nc1c(Cl)cccc1Cl)C1=CCCCC1. The van der Waals surface area contributed by atoms with Crippen molar-refractivity contribution in [3.8, 4) is 0 Å². The van der Waals surface area contributed by atoms with Gasteiger partial charge in [0, 0.05) is 12.2 Å². The third-order valence-electron chi connectivity index (χ3n) is 4.28. The molecule has 26 heavy (non-hydrogen) atoms. The number of nitrogens with zero attached hydrogens (tertiary/aromatic N) is 2. The van der Waals surface area contributed by atoms with Gasteiger partial charge in [-0.3, -0.25) is 14.5 Å². The predicted molar refractivity (Wildman–Crippen MR) is 107 cm³/mol. The monoisotopic (exact) mass is 397 g/mol. The molecule has 0 aliphatic heterocycles. The van der Waals surface area contributed by atoms with Crippen LogP contribution in [0.1, 0.15) is 32.6 Å². The highest BCUT2D eigenvalue weighted by atomic mass is 35.5. The second-order valence-corrected chi connectivity index (χ2v) is 7.21.